The Bertz CT molecular complexity index is 1170. The lowest BCUT2D eigenvalue weighted by Crippen LogP contribution is -2.39. The molecule has 1 aliphatic heterocycles. The Labute approximate surface area is 192 Å². The van der Waals surface area contributed by atoms with Crippen molar-refractivity contribution in [2.75, 3.05) is 5.32 Å². The zero-order valence-electron chi connectivity index (χ0n) is 19.0. The van der Waals surface area contributed by atoms with E-state index in [2.05, 4.69) is 27.9 Å². The van der Waals surface area contributed by atoms with E-state index in [9.17, 15) is 13.6 Å². The van der Waals surface area contributed by atoms with Crippen LogP contribution in [0.3, 0.4) is 0 Å². The fraction of sp³-hybridized carbons (Fsp3) is 0.385. The first-order valence-corrected chi connectivity index (χ1v) is 11.2. The number of aromatic nitrogens is 1. The zero-order chi connectivity index (χ0) is 23.8. The molecule has 2 unspecified atom stereocenters. The first kappa shape index (κ1) is 23.0. The molecule has 33 heavy (non-hydrogen) atoms. The average molecular weight is 451 g/mol. The highest BCUT2D eigenvalue weighted by Crippen LogP contribution is 2.38. The van der Waals surface area contributed by atoms with Gasteiger partial charge in [0, 0.05) is 17.8 Å². The second-order valence-corrected chi connectivity index (χ2v) is 9.38. The zero-order valence-corrected chi connectivity index (χ0v) is 19.0. The van der Waals surface area contributed by atoms with Crippen molar-refractivity contribution in [3.63, 3.8) is 0 Å². The second kappa shape index (κ2) is 9.00. The number of nitrogens with zero attached hydrogens (tertiary/aromatic N) is 2. The number of benzene rings is 1. The summed E-state index contributed by atoms with van der Waals surface area (Å²) in [5.74, 6) is -1.21. The number of carbonyl (C=O) groups excluding carboxylic acids is 1. The number of anilines is 1. The van der Waals surface area contributed by atoms with E-state index in [4.69, 9.17) is 5.73 Å². The third kappa shape index (κ3) is 4.80. The molecule has 5 nitrogen and oxygen atoms in total. The molecular formula is C26H28F2N4O. The Balaban J connectivity index is 1.65. The van der Waals surface area contributed by atoms with Gasteiger partial charge in [0.15, 0.2) is 11.4 Å². The summed E-state index contributed by atoms with van der Waals surface area (Å²) < 4.78 is 29.0. The van der Waals surface area contributed by atoms with Gasteiger partial charge in [0.1, 0.15) is 11.5 Å². The standard InChI is InChI=1S/C26H28F2N4O/c1-15-4-5-21(27)20(12-15)24-22(28)6-8-26(3,32-24)25(33)31-23-14-30-9-7-19(23)17-10-16(2)11-18(29)13-17/h4-5,7-9,12,14,16-18H,10-11,13,29H2,1-3H3,(H,31,33)/t16-,17+,18?,26?/m0/s1. The highest BCUT2D eigenvalue weighted by Gasteiger charge is 2.36. The number of rotatable bonds is 4. The molecule has 7 heteroatoms. The van der Waals surface area contributed by atoms with Gasteiger partial charge < -0.3 is 11.1 Å². The Hall–Kier alpha value is -3.15. The van der Waals surface area contributed by atoms with Crippen LogP contribution in [0.2, 0.25) is 0 Å². The van der Waals surface area contributed by atoms with Crippen LogP contribution in [-0.4, -0.2) is 28.2 Å². The van der Waals surface area contributed by atoms with Crippen molar-refractivity contribution in [3.05, 3.63) is 76.8 Å². The highest BCUT2D eigenvalue weighted by atomic mass is 19.1. The Morgan fingerprint density at radius 1 is 1.24 bits per heavy atom. The van der Waals surface area contributed by atoms with E-state index in [1.165, 1.54) is 18.2 Å². The van der Waals surface area contributed by atoms with Gasteiger partial charge in [-0.3, -0.25) is 14.8 Å². The van der Waals surface area contributed by atoms with Gasteiger partial charge in [0.2, 0.25) is 0 Å². The fourth-order valence-corrected chi connectivity index (χ4v) is 4.73. The molecule has 1 amide bonds. The van der Waals surface area contributed by atoms with Crippen LogP contribution in [0.4, 0.5) is 14.5 Å². The summed E-state index contributed by atoms with van der Waals surface area (Å²) in [6, 6.07) is 6.37. The first-order valence-electron chi connectivity index (χ1n) is 11.2. The highest BCUT2D eigenvalue weighted by molar-refractivity contribution is 6.14. The fourth-order valence-electron chi connectivity index (χ4n) is 4.73. The Morgan fingerprint density at radius 3 is 2.79 bits per heavy atom. The summed E-state index contributed by atoms with van der Waals surface area (Å²) in [5, 5.41) is 2.91. The van der Waals surface area contributed by atoms with Crippen LogP contribution in [0.5, 0.6) is 0 Å². The van der Waals surface area contributed by atoms with Crippen LogP contribution >= 0.6 is 0 Å². The molecule has 0 spiro atoms. The monoisotopic (exact) mass is 450 g/mol. The molecule has 1 fully saturated rings. The maximum atomic E-state index is 14.6. The van der Waals surface area contributed by atoms with E-state index in [-0.39, 0.29) is 23.2 Å². The SMILES string of the molecule is Cc1ccc(F)c(C2=NC(C)(C(=O)Nc3cnccc3[C@H]3CC(N)C[C@@H](C)C3)C=C=C2F)c1. The summed E-state index contributed by atoms with van der Waals surface area (Å²) >= 11 is 0. The van der Waals surface area contributed by atoms with Gasteiger partial charge in [-0.25, -0.2) is 4.39 Å². The van der Waals surface area contributed by atoms with Crippen LogP contribution < -0.4 is 11.1 Å². The Morgan fingerprint density at radius 2 is 2.03 bits per heavy atom. The molecule has 1 aromatic heterocycles. The molecule has 3 N–H and O–H groups in total. The maximum absolute atomic E-state index is 14.6. The quantitative estimate of drug-likeness (QED) is 0.646. The van der Waals surface area contributed by atoms with E-state index in [1.807, 2.05) is 6.07 Å². The minimum atomic E-state index is -1.47. The van der Waals surface area contributed by atoms with Gasteiger partial charge in [-0.1, -0.05) is 24.3 Å². The van der Waals surface area contributed by atoms with Crippen LogP contribution in [0.1, 0.15) is 55.7 Å². The van der Waals surface area contributed by atoms with Gasteiger partial charge in [-0.15, -0.1) is 0 Å². The van der Waals surface area contributed by atoms with Crippen molar-refractivity contribution in [3.8, 4) is 0 Å². The van der Waals surface area contributed by atoms with Crippen LogP contribution in [-0.2, 0) is 4.79 Å². The Kier molecular flexibility index (Phi) is 6.28. The number of halogens is 2. The smallest absolute Gasteiger partial charge is 0.256 e. The van der Waals surface area contributed by atoms with Crippen LogP contribution in [0.25, 0.3) is 0 Å². The number of carbonyl (C=O) groups is 1. The van der Waals surface area contributed by atoms with Crippen molar-refractivity contribution in [1.82, 2.24) is 4.98 Å². The lowest BCUT2D eigenvalue weighted by Gasteiger charge is -2.33. The molecule has 1 saturated carbocycles. The number of pyridine rings is 1. The van der Waals surface area contributed by atoms with Crippen molar-refractivity contribution < 1.29 is 13.6 Å². The van der Waals surface area contributed by atoms with E-state index < -0.39 is 23.1 Å². The minimum Gasteiger partial charge on any atom is -0.328 e. The minimum absolute atomic E-state index is 0.000581. The second-order valence-electron chi connectivity index (χ2n) is 9.38. The van der Waals surface area contributed by atoms with Crippen LogP contribution in [0.15, 0.2) is 59.3 Å². The molecule has 1 aliphatic carbocycles. The normalized spacial score (nSPS) is 27.0. The van der Waals surface area contributed by atoms with Gasteiger partial charge in [-0.05, 0) is 74.8 Å². The number of nitrogens with one attached hydrogen (secondary N) is 1. The summed E-state index contributed by atoms with van der Waals surface area (Å²) in [6.07, 6.45) is 7.36. The van der Waals surface area contributed by atoms with E-state index in [1.54, 1.807) is 32.3 Å². The van der Waals surface area contributed by atoms with E-state index in [0.717, 1.165) is 30.4 Å². The maximum Gasteiger partial charge on any atom is 0.256 e. The summed E-state index contributed by atoms with van der Waals surface area (Å²) in [7, 11) is 0. The molecule has 0 bridgehead atoms. The van der Waals surface area contributed by atoms with Gasteiger partial charge in [0.25, 0.3) is 5.91 Å². The number of aliphatic imine (C=N–C) groups is 1. The van der Waals surface area contributed by atoms with E-state index in [0.29, 0.717) is 11.6 Å². The number of amides is 1. The van der Waals surface area contributed by atoms with Crippen molar-refractivity contribution in [1.29, 1.82) is 0 Å². The molecule has 4 atom stereocenters. The number of aryl methyl sites for hydroxylation is 1. The third-order valence-electron chi connectivity index (χ3n) is 6.39. The van der Waals surface area contributed by atoms with Gasteiger partial charge >= 0.3 is 0 Å². The van der Waals surface area contributed by atoms with Crippen molar-refractivity contribution >= 4 is 17.3 Å². The largest absolute Gasteiger partial charge is 0.328 e. The third-order valence-corrected chi connectivity index (χ3v) is 6.39. The molecule has 172 valence electrons. The molecule has 2 heterocycles. The predicted molar refractivity (Wildman–Crippen MR) is 125 cm³/mol. The lowest BCUT2D eigenvalue weighted by atomic mass is 9.76. The van der Waals surface area contributed by atoms with Gasteiger partial charge in [-0.2, -0.15) is 4.39 Å². The molecule has 2 aromatic rings. The summed E-state index contributed by atoms with van der Waals surface area (Å²) in [6.45, 7) is 5.50. The molecular weight excluding hydrogens is 422 g/mol. The lowest BCUT2D eigenvalue weighted by molar-refractivity contribution is -0.119. The summed E-state index contributed by atoms with van der Waals surface area (Å²) in [4.78, 5) is 21.8. The molecule has 0 radical (unpaired) electrons. The molecule has 2 aliphatic rings. The summed E-state index contributed by atoms with van der Waals surface area (Å²) in [5.41, 5.74) is 9.31. The number of hydrogen-bond donors (Lipinski definition) is 2. The molecule has 0 saturated heterocycles. The first-order chi connectivity index (χ1) is 15.7. The number of nitrogens with two attached hydrogens (primary N) is 1. The van der Waals surface area contributed by atoms with Crippen molar-refractivity contribution in [2.45, 2.75) is 57.5 Å². The van der Waals surface area contributed by atoms with Crippen LogP contribution in [0, 0.1) is 18.7 Å². The topological polar surface area (TPSA) is 80.4 Å². The average Bonchev–Trinajstić information content (AvgIpc) is 2.77. The molecule has 4 rings (SSSR count). The van der Waals surface area contributed by atoms with Gasteiger partial charge in [0.05, 0.1) is 11.9 Å². The number of hydrogen-bond acceptors (Lipinski definition) is 4. The van der Waals surface area contributed by atoms with E-state index >= 15 is 0 Å². The predicted octanol–water partition coefficient (Wildman–Crippen LogP) is 4.97. The molecule has 1 aromatic carbocycles. The van der Waals surface area contributed by atoms with Crippen molar-refractivity contribution in [2.24, 2.45) is 16.6 Å².